The van der Waals surface area contributed by atoms with E-state index in [1.165, 1.54) is 5.56 Å². The van der Waals surface area contributed by atoms with Gasteiger partial charge in [0.2, 0.25) is 0 Å². The van der Waals surface area contributed by atoms with Gasteiger partial charge in [-0.15, -0.1) is 0 Å². The van der Waals surface area contributed by atoms with E-state index in [0.717, 1.165) is 17.8 Å². The van der Waals surface area contributed by atoms with Crippen LogP contribution >= 0.6 is 11.6 Å². The van der Waals surface area contributed by atoms with Gasteiger partial charge in [-0.05, 0) is 57.0 Å². The molecule has 0 aliphatic carbocycles. The molecule has 3 nitrogen and oxygen atoms in total. The van der Waals surface area contributed by atoms with E-state index >= 15 is 0 Å². The van der Waals surface area contributed by atoms with E-state index in [0.29, 0.717) is 10.6 Å². The molecule has 0 N–H and O–H groups in total. The Kier molecular flexibility index (Phi) is 4.29. The summed E-state index contributed by atoms with van der Waals surface area (Å²) in [5, 5.41) is 5.15. The van der Waals surface area contributed by atoms with E-state index in [2.05, 4.69) is 12.0 Å². The van der Waals surface area contributed by atoms with Gasteiger partial charge >= 0.3 is 0 Å². The van der Waals surface area contributed by atoms with Crippen LogP contribution in [0.5, 0.6) is 0 Å². The summed E-state index contributed by atoms with van der Waals surface area (Å²) in [4.78, 5) is 12.5. The van der Waals surface area contributed by atoms with Gasteiger partial charge in [-0.1, -0.05) is 18.5 Å². The highest BCUT2D eigenvalue weighted by Crippen LogP contribution is 2.21. The smallest absolute Gasteiger partial charge is 0.187 e. The van der Waals surface area contributed by atoms with Crippen LogP contribution in [0.15, 0.2) is 24.3 Å². The first-order valence-electron chi connectivity index (χ1n) is 6.80. The van der Waals surface area contributed by atoms with Crippen molar-refractivity contribution in [3.05, 3.63) is 51.8 Å². The Hall–Kier alpha value is -1.61. The summed E-state index contributed by atoms with van der Waals surface area (Å²) in [5.74, 6) is 0.0509. The molecular weight excluding hydrogens is 272 g/mol. The van der Waals surface area contributed by atoms with Crippen molar-refractivity contribution in [2.75, 3.05) is 0 Å². The maximum Gasteiger partial charge on any atom is 0.187 e. The highest BCUT2D eigenvalue weighted by atomic mass is 35.5. The lowest BCUT2D eigenvalue weighted by Crippen LogP contribution is -2.19. The van der Waals surface area contributed by atoms with E-state index in [1.54, 1.807) is 24.3 Å². The second kappa shape index (κ2) is 5.80. The topological polar surface area (TPSA) is 34.9 Å². The lowest BCUT2D eigenvalue weighted by Gasteiger charge is -2.13. The van der Waals surface area contributed by atoms with Crippen molar-refractivity contribution in [3.8, 4) is 0 Å². The molecule has 0 saturated heterocycles. The molecule has 1 unspecified atom stereocenters. The maximum atomic E-state index is 12.5. The summed E-state index contributed by atoms with van der Waals surface area (Å²) in [7, 11) is 0. The molecule has 2 rings (SSSR count). The van der Waals surface area contributed by atoms with Crippen molar-refractivity contribution < 1.29 is 4.79 Å². The first-order valence-corrected chi connectivity index (χ1v) is 7.17. The molecule has 0 fully saturated rings. The normalized spacial score (nSPS) is 12.4. The number of ketones is 1. The number of aryl methyl sites for hydroxylation is 1. The monoisotopic (exact) mass is 290 g/mol. The van der Waals surface area contributed by atoms with Crippen LogP contribution < -0.4 is 0 Å². The lowest BCUT2D eigenvalue weighted by atomic mass is 10.1. The molecule has 0 saturated carbocycles. The molecule has 0 amide bonds. The van der Waals surface area contributed by atoms with Gasteiger partial charge in [-0.3, -0.25) is 9.48 Å². The van der Waals surface area contributed by atoms with Gasteiger partial charge in [0, 0.05) is 16.3 Å². The summed E-state index contributed by atoms with van der Waals surface area (Å²) in [5.41, 5.74) is 3.95. The zero-order valence-corrected chi connectivity index (χ0v) is 13.0. The number of nitrogens with zero attached hydrogens (tertiary/aromatic N) is 2. The van der Waals surface area contributed by atoms with Gasteiger partial charge < -0.3 is 0 Å². The zero-order chi connectivity index (χ0) is 14.9. The second-order valence-corrected chi connectivity index (χ2v) is 5.43. The predicted molar refractivity (Wildman–Crippen MR) is 81.6 cm³/mol. The third-order valence-electron chi connectivity index (χ3n) is 3.70. The predicted octanol–water partition coefficient (Wildman–Crippen LogP) is 4.16. The standard InChI is InChI=1S/C16H19ClN2O/c1-5-15-10(2)18-19(11(15)3)12(4)16(20)13-6-8-14(17)9-7-13/h6-9,12H,5H2,1-4H3. The molecule has 0 radical (unpaired) electrons. The summed E-state index contributed by atoms with van der Waals surface area (Å²) in [6.07, 6.45) is 0.930. The van der Waals surface area contributed by atoms with Crippen LogP contribution in [0, 0.1) is 13.8 Å². The Bertz CT molecular complexity index is 629. The van der Waals surface area contributed by atoms with Crippen molar-refractivity contribution in [2.45, 2.75) is 40.2 Å². The molecule has 1 aromatic carbocycles. The average molecular weight is 291 g/mol. The SMILES string of the molecule is CCc1c(C)nn(C(C)C(=O)c2ccc(Cl)cc2)c1C. The van der Waals surface area contributed by atoms with Gasteiger partial charge in [-0.25, -0.2) is 0 Å². The van der Waals surface area contributed by atoms with Gasteiger partial charge in [0.25, 0.3) is 0 Å². The van der Waals surface area contributed by atoms with Crippen molar-refractivity contribution >= 4 is 17.4 Å². The Labute approximate surface area is 124 Å². The Morgan fingerprint density at radius 3 is 2.40 bits per heavy atom. The van der Waals surface area contributed by atoms with Gasteiger partial charge in [0.15, 0.2) is 5.78 Å². The molecule has 1 heterocycles. The van der Waals surface area contributed by atoms with E-state index < -0.39 is 0 Å². The molecular formula is C16H19ClN2O. The quantitative estimate of drug-likeness (QED) is 0.793. The van der Waals surface area contributed by atoms with Gasteiger partial charge in [0.05, 0.1) is 5.69 Å². The summed E-state index contributed by atoms with van der Waals surface area (Å²) >= 11 is 5.85. The minimum absolute atomic E-state index is 0.0509. The van der Waals surface area contributed by atoms with Crippen LogP contribution in [0.2, 0.25) is 5.02 Å². The molecule has 1 atom stereocenters. The van der Waals surface area contributed by atoms with Crippen LogP contribution in [-0.2, 0) is 6.42 Å². The fraction of sp³-hybridized carbons (Fsp3) is 0.375. The third kappa shape index (κ3) is 2.63. The first kappa shape index (κ1) is 14.8. The zero-order valence-electron chi connectivity index (χ0n) is 12.3. The molecule has 20 heavy (non-hydrogen) atoms. The van der Waals surface area contributed by atoms with Crippen molar-refractivity contribution in [1.29, 1.82) is 0 Å². The minimum Gasteiger partial charge on any atom is -0.292 e. The highest BCUT2D eigenvalue weighted by molar-refractivity contribution is 6.30. The van der Waals surface area contributed by atoms with E-state index in [1.807, 2.05) is 25.5 Å². The number of hydrogen-bond donors (Lipinski definition) is 0. The van der Waals surface area contributed by atoms with E-state index in [-0.39, 0.29) is 11.8 Å². The molecule has 4 heteroatoms. The number of carbonyl (C=O) groups excluding carboxylic acids is 1. The number of halogens is 1. The molecule has 0 spiro atoms. The molecule has 106 valence electrons. The summed E-state index contributed by atoms with van der Waals surface area (Å²) in [6.45, 7) is 8.00. The molecule has 2 aromatic rings. The van der Waals surface area contributed by atoms with Crippen LogP contribution in [-0.4, -0.2) is 15.6 Å². The minimum atomic E-state index is -0.310. The van der Waals surface area contributed by atoms with Crippen LogP contribution in [0.1, 0.15) is 47.2 Å². The molecule has 0 aliphatic heterocycles. The third-order valence-corrected chi connectivity index (χ3v) is 3.96. The maximum absolute atomic E-state index is 12.5. The first-order chi connectivity index (χ1) is 9.45. The second-order valence-electron chi connectivity index (χ2n) is 4.99. The molecule has 0 bridgehead atoms. The van der Waals surface area contributed by atoms with E-state index in [9.17, 15) is 4.79 Å². The largest absolute Gasteiger partial charge is 0.292 e. The Morgan fingerprint density at radius 1 is 1.30 bits per heavy atom. The number of Topliss-reactive ketones (excluding diaryl/α,β-unsaturated/α-hetero) is 1. The Balaban J connectivity index is 2.33. The van der Waals surface area contributed by atoms with Crippen LogP contribution in [0.3, 0.4) is 0 Å². The fourth-order valence-electron chi connectivity index (χ4n) is 2.55. The summed E-state index contributed by atoms with van der Waals surface area (Å²) in [6, 6.07) is 6.68. The molecule has 0 aliphatic rings. The van der Waals surface area contributed by atoms with Crippen LogP contribution in [0.25, 0.3) is 0 Å². The van der Waals surface area contributed by atoms with Crippen LogP contribution in [0.4, 0.5) is 0 Å². The molecule has 1 aromatic heterocycles. The number of benzene rings is 1. The van der Waals surface area contributed by atoms with E-state index in [4.69, 9.17) is 11.6 Å². The number of hydrogen-bond acceptors (Lipinski definition) is 2. The Morgan fingerprint density at radius 2 is 1.90 bits per heavy atom. The number of rotatable bonds is 4. The van der Waals surface area contributed by atoms with Crippen molar-refractivity contribution in [3.63, 3.8) is 0 Å². The fourth-order valence-corrected chi connectivity index (χ4v) is 2.68. The van der Waals surface area contributed by atoms with Gasteiger partial charge in [0.1, 0.15) is 6.04 Å². The van der Waals surface area contributed by atoms with Crippen molar-refractivity contribution in [1.82, 2.24) is 9.78 Å². The average Bonchev–Trinajstić information content (AvgIpc) is 2.72. The van der Waals surface area contributed by atoms with Crippen molar-refractivity contribution in [2.24, 2.45) is 0 Å². The lowest BCUT2D eigenvalue weighted by molar-refractivity contribution is 0.0926. The number of carbonyl (C=O) groups is 1. The number of aromatic nitrogens is 2. The van der Waals surface area contributed by atoms with Gasteiger partial charge in [-0.2, -0.15) is 5.10 Å². The highest BCUT2D eigenvalue weighted by Gasteiger charge is 2.21. The summed E-state index contributed by atoms with van der Waals surface area (Å²) < 4.78 is 1.82.